The summed E-state index contributed by atoms with van der Waals surface area (Å²) in [6.45, 7) is 12.5. The number of hydrogen-bond acceptors (Lipinski definition) is 7. The van der Waals surface area contributed by atoms with E-state index in [2.05, 4.69) is 26.2 Å². The second-order valence-corrected chi connectivity index (χ2v) is 17.0. The minimum atomic E-state index is -1.46. The fourth-order valence-corrected chi connectivity index (χ4v) is 6.34. The third-order valence-corrected chi connectivity index (χ3v) is 9.28. The number of fused-ring (bicyclic) bond motifs is 1. The van der Waals surface area contributed by atoms with Crippen LogP contribution >= 0.6 is 0 Å². The van der Waals surface area contributed by atoms with Crippen LogP contribution in [0.2, 0.25) is 25.7 Å². The van der Waals surface area contributed by atoms with Gasteiger partial charge in [-0.2, -0.15) is 0 Å². The van der Waals surface area contributed by atoms with E-state index in [9.17, 15) is 24.0 Å². The Morgan fingerprint density at radius 3 is 2.43 bits per heavy atom. The SMILES string of the molecule is C=CCC1C2C(C(=O)N(C)[C@H](CCCC)C(N)=O)=CC(C3C(=O)OC(=O)[C@H]32)N1C(=O)OCC[Si](C)(C)C. The molecule has 204 valence electrons. The summed E-state index contributed by atoms with van der Waals surface area (Å²) in [5, 5.41) is 0. The Bertz CT molecular complexity index is 1000. The van der Waals surface area contributed by atoms with E-state index in [1.807, 2.05) is 6.92 Å². The molecule has 2 N–H and O–H groups in total. The van der Waals surface area contributed by atoms with Crippen molar-refractivity contribution >= 4 is 37.9 Å². The summed E-state index contributed by atoms with van der Waals surface area (Å²) in [7, 11) is 0.0482. The van der Waals surface area contributed by atoms with Gasteiger partial charge >= 0.3 is 18.0 Å². The zero-order chi connectivity index (χ0) is 27.7. The molecule has 3 heterocycles. The Morgan fingerprint density at radius 1 is 1.22 bits per heavy atom. The molecule has 10 nitrogen and oxygen atoms in total. The van der Waals surface area contributed by atoms with E-state index in [1.54, 1.807) is 12.2 Å². The Morgan fingerprint density at radius 2 is 1.86 bits per heavy atom. The number of esters is 2. The van der Waals surface area contributed by atoms with Gasteiger partial charge in [-0.05, 0) is 18.9 Å². The Balaban J connectivity index is 2.00. The van der Waals surface area contributed by atoms with Crippen LogP contribution in [0.4, 0.5) is 4.79 Å². The normalized spacial score (nSPS) is 27.2. The second-order valence-electron chi connectivity index (χ2n) is 11.3. The van der Waals surface area contributed by atoms with E-state index in [1.165, 1.54) is 16.8 Å². The monoisotopic (exact) mass is 533 g/mol. The highest BCUT2D eigenvalue weighted by molar-refractivity contribution is 6.76. The summed E-state index contributed by atoms with van der Waals surface area (Å²) in [6.07, 6.45) is 4.81. The molecule has 0 aromatic rings. The lowest BCUT2D eigenvalue weighted by Crippen LogP contribution is -2.65. The predicted molar refractivity (Wildman–Crippen MR) is 139 cm³/mol. The molecule has 4 unspecified atom stereocenters. The first-order chi connectivity index (χ1) is 17.3. The molecule has 0 saturated carbocycles. The molecule has 0 spiro atoms. The summed E-state index contributed by atoms with van der Waals surface area (Å²) >= 11 is 0. The highest BCUT2D eigenvalue weighted by atomic mass is 28.3. The molecule has 4 rings (SSSR count). The van der Waals surface area contributed by atoms with Crippen LogP contribution in [0.5, 0.6) is 0 Å². The molecular weight excluding hydrogens is 494 g/mol. The number of hydrogen-bond donors (Lipinski definition) is 1. The smallest absolute Gasteiger partial charge is 0.410 e. The van der Waals surface area contributed by atoms with E-state index in [0.717, 1.165) is 12.5 Å². The van der Waals surface area contributed by atoms with Crippen molar-refractivity contribution in [3.63, 3.8) is 0 Å². The molecule has 3 aliphatic heterocycles. The molecule has 0 aromatic heterocycles. The van der Waals surface area contributed by atoms with Crippen molar-refractivity contribution in [2.24, 2.45) is 23.5 Å². The summed E-state index contributed by atoms with van der Waals surface area (Å²) in [5.74, 6) is -5.13. The molecule has 4 aliphatic rings. The number of nitrogens with two attached hydrogens (primary N) is 1. The highest BCUT2D eigenvalue weighted by Crippen LogP contribution is 2.51. The van der Waals surface area contributed by atoms with Gasteiger partial charge in [0.05, 0.1) is 24.5 Å². The lowest BCUT2D eigenvalue weighted by atomic mass is 9.62. The lowest BCUT2D eigenvalue weighted by Gasteiger charge is -2.53. The van der Waals surface area contributed by atoms with E-state index >= 15 is 0 Å². The molecule has 1 aliphatic carbocycles. The van der Waals surface area contributed by atoms with Gasteiger partial charge in [-0.3, -0.25) is 24.1 Å². The molecule has 2 bridgehead atoms. The lowest BCUT2D eigenvalue weighted by molar-refractivity contribution is -0.154. The van der Waals surface area contributed by atoms with Crippen LogP contribution in [0.15, 0.2) is 24.3 Å². The first-order valence-corrected chi connectivity index (χ1v) is 16.6. The number of primary amides is 1. The van der Waals surface area contributed by atoms with E-state index in [-0.39, 0.29) is 18.6 Å². The van der Waals surface area contributed by atoms with Crippen LogP contribution in [0.1, 0.15) is 32.6 Å². The number of rotatable bonds is 11. The number of amides is 3. The number of carbonyl (C=O) groups is 5. The molecule has 0 radical (unpaired) electrons. The van der Waals surface area contributed by atoms with Crippen molar-refractivity contribution < 1.29 is 33.4 Å². The van der Waals surface area contributed by atoms with Crippen molar-refractivity contribution in [2.45, 2.75) is 76.4 Å². The van der Waals surface area contributed by atoms with Crippen molar-refractivity contribution in [1.82, 2.24) is 9.80 Å². The summed E-state index contributed by atoms with van der Waals surface area (Å²) in [4.78, 5) is 67.5. The highest BCUT2D eigenvalue weighted by Gasteiger charge is 2.65. The summed E-state index contributed by atoms with van der Waals surface area (Å²) < 4.78 is 10.6. The number of likely N-dealkylation sites (N-methyl/N-ethyl adjacent to an activating group) is 1. The average molecular weight is 534 g/mol. The van der Waals surface area contributed by atoms with Crippen molar-refractivity contribution in [3.05, 3.63) is 24.3 Å². The standard InChI is InChI=1S/C26H39N3O7Si/c1-7-9-11-17(22(27)30)28(3)23(31)15-14-18-20-21(25(33)36-24(20)32)19(15)16(10-8-2)29(18)26(34)35-12-13-37(4,5)6/h8,14,16-21H,2,7,9-13H2,1,3-6H3,(H2,27,30)/t16?,17-,18?,19?,20?,21+/m1/s1. The molecular formula is C26H39N3O7Si. The van der Waals surface area contributed by atoms with Crippen LogP contribution < -0.4 is 5.73 Å². The minimum Gasteiger partial charge on any atom is -0.450 e. The topological polar surface area (TPSA) is 136 Å². The maximum absolute atomic E-state index is 13.7. The third-order valence-electron chi connectivity index (χ3n) is 7.58. The second kappa shape index (κ2) is 11.2. The summed E-state index contributed by atoms with van der Waals surface area (Å²) in [6, 6.07) is -1.58. The van der Waals surface area contributed by atoms with Crippen LogP contribution in [0, 0.1) is 17.8 Å². The van der Waals surface area contributed by atoms with Crippen molar-refractivity contribution in [1.29, 1.82) is 0 Å². The van der Waals surface area contributed by atoms with E-state index in [4.69, 9.17) is 15.2 Å². The first-order valence-electron chi connectivity index (χ1n) is 12.9. The number of ether oxygens (including phenoxy) is 2. The summed E-state index contributed by atoms with van der Waals surface area (Å²) in [5.41, 5.74) is 5.89. The number of unbranched alkanes of at least 4 members (excludes halogenated alkanes) is 1. The van der Waals surface area contributed by atoms with Gasteiger partial charge in [0.2, 0.25) is 11.8 Å². The maximum Gasteiger partial charge on any atom is 0.410 e. The molecule has 2 saturated heterocycles. The molecule has 3 amide bonds. The molecule has 6 atom stereocenters. The maximum atomic E-state index is 13.7. The van der Waals surface area contributed by atoms with Crippen LogP contribution in [-0.4, -0.2) is 79.5 Å². The third kappa shape index (κ3) is 5.66. The number of nitrogens with zero attached hydrogens (tertiary/aromatic N) is 2. The molecule has 37 heavy (non-hydrogen) atoms. The van der Waals surface area contributed by atoms with Gasteiger partial charge < -0.3 is 20.1 Å². The molecule has 0 aromatic carbocycles. The average Bonchev–Trinajstić information content (AvgIpc) is 3.12. The van der Waals surface area contributed by atoms with Gasteiger partial charge in [-0.1, -0.05) is 51.6 Å². The van der Waals surface area contributed by atoms with Gasteiger partial charge in [-0.15, -0.1) is 6.58 Å². The zero-order valence-corrected chi connectivity index (χ0v) is 23.4. The van der Waals surface area contributed by atoms with Gasteiger partial charge in [0.1, 0.15) is 6.04 Å². The van der Waals surface area contributed by atoms with Gasteiger partial charge in [-0.25, -0.2) is 4.79 Å². The number of cyclic esters (lactones) is 2. The largest absolute Gasteiger partial charge is 0.450 e. The number of carbonyl (C=O) groups excluding carboxylic acids is 5. The zero-order valence-electron chi connectivity index (χ0n) is 22.4. The van der Waals surface area contributed by atoms with Crippen LogP contribution in [-0.2, 0) is 28.7 Å². The fourth-order valence-electron chi connectivity index (χ4n) is 5.63. The van der Waals surface area contributed by atoms with Gasteiger partial charge in [0, 0.05) is 32.7 Å². The quantitative estimate of drug-likeness (QED) is 0.186. The Labute approximate surface area is 219 Å². The molecule has 11 heteroatoms. The van der Waals surface area contributed by atoms with Crippen LogP contribution in [0.25, 0.3) is 0 Å². The Hall–Kier alpha value is -2.95. The fraction of sp³-hybridized carbons (Fsp3) is 0.654. The van der Waals surface area contributed by atoms with E-state index < -0.39 is 73.8 Å². The van der Waals surface area contributed by atoms with Gasteiger partial charge in [0.15, 0.2) is 0 Å². The Kier molecular flexibility index (Phi) is 8.66. The first kappa shape index (κ1) is 28.6. The van der Waals surface area contributed by atoms with Crippen molar-refractivity contribution in [3.8, 4) is 0 Å². The van der Waals surface area contributed by atoms with E-state index in [0.29, 0.717) is 12.8 Å². The molecule has 2 fully saturated rings. The minimum absolute atomic E-state index is 0.247. The predicted octanol–water partition coefficient (Wildman–Crippen LogP) is 2.46. The van der Waals surface area contributed by atoms with Crippen molar-refractivity contribution in [2.75, 3.05) is 13.7 Å². The van der Waals surface area contributed by atoms with Crippen LogP contribution in [0.3, 0.4) is 0 Å². The van der Waals surface area contributed by atoms with Gasteiger partial charge in [0.25, 0.3) is 0 Å². The number of piperidine rings is 1.